The van der Waals surface area contributed by atoms with Crippen molar-refractivity contribution in [2.45, 2.75) is 23.9 Å². The number of rotatable bonds is 3. The SMILES string of the molecule is COc1ccc([C@@H]2CC(=O)c3cn4nc(SC)nc4nc3C2)cc1. The highest BCUT2D eigenvalue weighted by atomic mass is 32.2. The maximum absolute atomic E-state index is 12.6. The van der Waals surface area contributed by atoms with E-state index in [0.717, 1.165) is 23.4 Å². The molecule has 3 aromatic rings. The van der Waals surface area contributed by atoms with Gasteiger partial charge >= 0.3 is 0 Å². The molecule has 0 N–H and O–H groups in total. The van der Waals surface area contributed by atoms with Crippen LogP contribution < -0.4 is 4.74 Å². The number of Topliss-reactive ketones (excluding diaryl/α,β-unsaturated/α-hetero) is 1. The largest absolute Gasteiger partial charge is 0.497 e. The summed E-state index contributed by atoms with van der Waals surface area (Å²) in [7, 11) is 1.64. The molecular weight excluding hydrogens is 324 g/mol. The molecule has 122 valence electrons. The van der Waals surface area contributed by atoms with Crippen LogP contribution in [0, 0.1) is 0 Å². The Balaban J connectivity index is 1.71. The number of carbonyl (C=O) groups excluding carboxylic acids is 1. The average Bonchev–Trinajstić information content (AvgIpc) is 3.02. The van der Waals surface area contributed by atoms with Gasteiger partial charge in [0.25, 0.3) is 5.78 Å². The number of methoxy groups -OCH3 is 1. The Labute approximate surface area is 143 Å². The summed E-state index contributed by atoms with van der Waals surface area (Å²) >= 11 is 1.46. The first-order valence-corrected chi connectivity index (χ1v) is 8.88. The number of benzene rings is 1. The first kappa shape index (κ1) is 15.1. The predicted octanol–water partition coefficient (Wildman–Crippen LogP) is 2.77. The molecule has 0 aliphatic heterocycles. The van der Waals surface area contributed by atoms with Gasteiger partial charge in [0.15, 0.2) is 5.78 Å². The maximum atomic E-state index is 12.6. The van der Waals surface area contributed by atoms with Crippen molar-refractivity contribution in [2.75, 3.05) is 13.4 Å². The van der Waals surface area contributed by atoms with Gasteiger partial charge in [-0.1, -0.05) is 23.9 Å². The van der Waals surface area contributed by atoms with Crippen LogP contribution in [0.25, 0.3) is 5.78 Å². The van der Waals surface area contributed by atoms with Gasteiger partial charge in [-0.15, -0.1) is 5.10 Å². The number of hydrogen-bond donors (Lipinski definition) is 0. The Bertz CT molecular complexity index is 920. The van der Waals surface area contributed by atoms with Gasteiger partial charge in [-0.05, 0) is 36.3 Å². The molecule has 2 aromatic heterocycles. The van der Waals surface area contributed by atoms with Crippen LogP contribution in [0.2, 0.25) is 0 Å². The van der Waals surface area contributed by atoms with Crippen LogP contribution in [-0.2, 0) is 6.42 Å². The summed E-state index contributed by atoms with van der Waals surface area (Å²) in [5.74, 6) is 1.59. The lowest BCUT2D eigenvalue weighted by Gasteiger charge is -2.23. The van der Waals surface area contributed by atoms with E-state index in [1.165, 1.54) is 11.8 Å². The van der Waals surface area contributed by atoms with Gasteiger partial charge in [-0.3, -0.25) is 4.79 Å². The van der Waals surface area contributed by atoms with Crippen molar-refractivity contribution in [3.8, 4) is 5.75 Å². The summed E-state index contributed by atoms with van der Waals surface area (Å²) in [6, 6.07) is 7.89. The van der Waals surface area contributed by atoms with E-state index in [4.69, 9.17) is 4.74 Å². The summed E-state index contributed by atoms with van der Waals surface area (Å²) in [4.78, 5) is 21.5. The third-order valence-electron chi connectivity index (χ3n) is 4.33. The molecule has 0 radical (unpaired) electrons. The fourth-order valence-corrected chi connectivity index (χ4v) is 3.41. The van der Waals surface area contributed by atoms with Crippen LogP contribution >= 0.6 is 11.8 Å². The van der Waals surface area contributed by atoms with E-state index in [9.17, 15) is 4.79 Å². The number of carbonyl (C=O) groups is 1. The van der Waals surface area contributed by atoms with E-state index in [-0.39, 0.29) is 11.7 Å². The average molecular weight is 340 g/mol. The van der Waals surface area contributed by atoms with Gasteiger partial charge in [0, 0.05) is 12.6 Å². The minimum atomic E-state index is 0.104. The highest BCUT2D eigenvalue weighted by Gasteiger charge is 2.28. The zero-order valence-electron chi connectivity index (χ0n) is 13.4. The first-order valence-electron chi connectivity index (χ1n) is 7.65. The van der Waals surface area contributed by atoms with E-state index in [1.807, 2.05) is 30.5 Å². The number of aromatic nitrogens is 4. The maximum Gasteiger partial charge on any atom is 0.253 e. The molecular formula is C17H16N4O2S. The van der Waals surface area contributed by atoms with Crippen LogP contribution in [0.1, 0.15) is 34.0 Å². The monoisotopic (exact) mass is 340 g/mol. The summed E-state index contributed by atoms with van der Waals surface area (Å²) in [6.07, 6.45) is 4.89. The van der Waals surface area contributed by atoms with E-state index in [1.54, 1.807) is 17.8 Å². The van der Waals surface area contributed by atoms with Gasteiger partial charge in [0.1, 0.15) is 5.75 Å². The molecule has 2 heterocycles. The van der Waals surface area contributed by atoms with Gasteiger partial charge in [-0.25, -0.2) is 9.50 Å². The number of thioether (sulfide) groups is 1. The molecule has 0 bridgehead atoms. The van der Waals surface area contributed by atoms with Crippen LogP contribution in [0.5, 0.6) is 5.75 Å². The van der Waals surface area contributed by atoms with Gasteiger partial charge in [-0.2, -0.15) is 4.98 Å². The second kappa shape index (κ2) is 5.90. The molecule has 0 saturated heterocycles. The van der Waals surface area contributed by atoms with Crippen molar-refractivity contribution in [3.63, 3.8) is 0 Å². The standard InChI is InChI=1S/C17H16N4O2S/c1-23-12-5-3-10(4-6-12)11-7-14-13(15(22)8-11)9-21-16(18-14)19-17(20-21)24-2/h3-6,9,11H,7-8H2,1-2H3/t11-/m0/s1. The van der Waals surface area contributed by atoms with Crippen molar-refractivity contribution in [1.82, 2.24) is 19.6 Å². The lowest BCUT2D eigenvalue weighted by molar-refractivity contribution is 0.0962. The molecule has 1 aromatic carbocycles. The van der Waals surface area contributed by atoms with E-state index < -0.39 is 0 Å². The zero-order valence-corrected chi connectivity index (χ0v) is 14.2. The number of hydrogen-bond acceptors (Lipinski definition) is 6. The summed E-state index contributed by atoms with van der Waals surface area (Å²) < 4.78 is 6.79. The molecule has 6 nitrogen and oxygen atoms in total. The molecule has 7 heteroatoms. The fourth-order valence-electron chi connectivity index (χ4n) is 3.06. The molecule has 0 fully saturated rings. The summed E-state index contributed by atoms with van der Waals surface area (Å²) in [6.45, 7) is 0. The predicted molar refractivity (Wildman–Crippen MR) is 90.9 cm³/mol. The number of ketones is 1. The molecule has 24 heavy (non-hydrogen) atoms. The lowest BCUT2D eigenvalue weighted by Crippen LogP contribution is -2.21. The highest BCUT2D eigenvalue weighted by Crippen LogP contribution is 2.32. The van der Waals surface area contributed by atoms with E-state index in [0.29, 0.717) is 22.9 Å². The fraction of sp³-hybridized carbons (Fsp3) is 0.294. The van der Waals surface area contributed by atoms with Crippen molar-refractivity contribution in [2.24, 2.45) is 0 Å². The Morgan fingerprint density at radius 1 is 1.21 bits per heavy atom. The van der Waals surface area contributed by atoms with Gasteiger partial charge in [0.2, 0.25) is 5.16 Å². The van der Waals surface area contributed by atoms with Crippen LogP contribution in [0.4, 0.5) is 0 Å². The van der Waals surface area contributed by atoms with E-state index >= 15 is 0 Å². The van der Waals surface area contributed by atoms with Crippen LogP contribution in [0.3, 0.4) is 0 Å². The van der Waals surface area contributed by atoms with Crippen LogP contribution in [0.15, 0.2) is 35.6 Å². The van der Waals surface area contributed by atoms with Gasteiger partial charge in [0.05, 0.1) is 18.4 Å². The normalized spacial score (nSPS) is 17.1. The number of ether oxygens (including phenoxy) is 1. The molecule has 1 atom stereocenters. The van der Waals surface area contributed by atoms with Crippen molar-refractivity contribution in [3.05, 3.63) is 47.3 Å². The Kier molecular flexibility index (Phi) is 3.72. The molecule has 0 amide bonds. The van der Waals surface area contributed by atoms with Gasteiger partial charge < -0.3 is 4.74 Å². The summed E-state index contributed by atoms with van der Waals surface area (Å²) in [5, 5.41) is 4.97. The molecule has 1 aliphatic carbocycles. The first-order chi connectivity index (χ1) is 11.7. The molecule has 1 aliphatic rings. The topological polar surface area (TPSA) is 69.4 Å². The van der Waals surface area contributed by atoms with Crippen molar-refractivity contribution in [1.29, 1.82) is 0 Å². The molecule has 4 rings (SSSR count). The minimum Gasteiger partial charge on any atom is -0.497 e. The Morgan fingerprint density at radius 2 is 2.00 bits per heavy atom. The van der Waals surface area contributed by atoms with Crippen molar-refractivity contribution < 1.29 is 9.53 Å². The Morgan fingerprint density at radius 3 is 2.71 bits per heavy atom. The summed E-state index contributed by atoms with van der Waals surface area (Å²) in [5.41, 5.74) is 2.59. The Hall–Kier alpha value is -2.41. The quantitative estimate of drug-likeness (QED) is 0.683. The smallest absolute Gasteiger partial charge is 0.253 e. The third-order valence-corrected chi connectivity index (χ3v) is 4.87. The molecule has 0 saturated carbocycles. The molecule has 0 spiro atoms. The van der Waals surface area contributed by atoms with Crippen LogP contribution in [-0.4, -0.2) is 38.7 Å². The van der Waals surface area contributed by atoms with E-state index in [2.05, 4.69) is 15.1 Å². The lowest BCUT2D eigenvalue weighted by atomic mass is 9.82. The molecule has 0 unspecified atom stereocenters. The second-order valence-electron chi connectivity index (χ2n) is 5.75. The highest BCUT2D eigenvalue weighted by molar-refractivity contribution is 7.98. The second-order valence-corrected chi connectivity index (χ2v) is 6.52. The zero-order chi connectivity index (χ0) is 16.7. The number of fused-ring (bicyclic) bond motifs is 2. The minimum absolute atomic E-state index is 0.104. The number of nitrogens with zero attached hydrogens (tertiary/aromatic N) is 4. The third kappa shape index (κ3) is 2.54. The van der Waals surface area contributed by atoms with Crippen molar-refractivity contribution >= 4 is 23.3 Å².